The van der Waals surface area contributed by atoms with Crippen LogP contribution in [0.25, 0.3) is 0 Å². The standard InChI is InChI=1S/C11H18ClN3/c1-3-13-6-7-15(2)9-11-5-4-10(12)8-14-11/h4-5,8,13H,3,6-7,9H2,1-2H3. The van der Waals surface area contributed by atoms with Gasteiger partial charge in [0.05, 0.1) is 10.7 Å². The second kappa shape index (κ2) is 6.77. The molecule has 84 valence electrons. The van der Waals surface area contributed by atoms with Crippen LogP contribution >= 0.6 is 11.6 Å². The number of hydrogen-bond acceptors (Lipinski definition) is 3. The molecule has 1 rings (SSSR count). The van der Waals surface area contributed by atoms with Gasteiger partial charge in [0.25, 0.3) is 0 Å². The van der Waals surface area contributed by atoms with E-state index in [0.29, 0.717) is 5.02 Å². The first-order valence-electron chi connectivity index (χ1n) is 5.22. The van der Waals surface area contributed by atoms with Crippen LogP contribution in [-0.2, 0) is 6.54 Å². The summed E-state index contributed by atoms with van der Waals surface area (Å²) in [6.45, 7) is 6.04. The molecule has 0 aliphatic carbocycles. The molecule has 0 aromatic carbocycles. The number of hydrogen-bond donors (Lipinski definition) is 1. The number of rotatable bonds is 6. The molecule has 0 bridgehead atoms. The van der Waals surface area contributed by atoms with Crippen LogP contribution in [0.5, 0.6) is 0 Å². The SMILES string of the molecule is CCNCCN(C)Cc1ccc(Cl)cn1. The fraction of sp³-hybridized carbons (Fsp3) is 0.545. The maximum Gasteiger partial charge on any atom is 0.0589 e. The van der Waals surface area contributed by atoms with Crippen LogP contribution in [-0.4, -0.2) is 36.6 Å². The van der Waals surface area contributed by atoms with E-state index >= 15 is 0 Å². The van der Waals surface area contributed by atoms with Gasteiger partial charge in [0, 0.05) is 25.8 Å². The average Bonchev–Trinajstić information content (AvgIpc) is 2.22. The fourth-order valence-electron chi connectivity index (χ4n) is 1.30. The van der Waals surface area contributed by atoms with Crippen molar-refractivity contribution in [3.63, 3.8) is 0 Å². The van der Waals surface area contributed by atoms with Gasteiger partial charge in [-0.25, -0.2) is 0 Å². The Kier molecular flexibility index (Phi) is 5.61. The molecule has 0 fully saturated rings. The molecule has 0 aliphatic heterocycles. The zero-order chi connectivity index (χ0) is 11.1. The Morgan fingerprint density at radius 3 is 2.87 bits per heavy atom. The van der Waals surface area contributed by atoms with Crippen molar-refractivity contribution < 1.29 is 0 Å². The summed E-state index contributed by atoms with van der Waals surface area (Å²) in [5, 5.41) is 3.98. The maximum atomic E-state index is 5.76. The lowest BCUT2D eigenvalue weighted by Gasteiger charge is -2.15. The summed E-state index contributed by atoms with van der Waals surface area (Å²) in [5.41, 5.74) is 1.05. The van der Waals surface area contributed by atoms with Crippen LogP contribution in [0.15, 0.2) is 18.3 Å². The van der Waals surface area contributed by atoms with Crippen molar-refractivity contribution in [3.8, 4) is 0 Å². The highest BCUT2D eigenvalue weighted by Crippen LogP contribution is 2.07. The van der Waals surface area contributed by atoms with Gasteiger partial charge >= 0.3 is 0 Å². The predicted octanol–water partition coefficient (Wildman–Crippen LogP) is 1.78. The zero-order valence-corrected chi connectivity index (χ0v) is 10.1. The number of nitrogens with zero attached hydrogens (tertiary/aromatic N) is 2. The Morgan fingerprint density at radius 2 is 2.27 bits per heavy atom. The molecule has 4 heteroatoms. The smallest absolute Gasteiger partial charge is 0.0589 e. The largest absolute Gasteiger partial charge is 0.316 e. The lowest BCUT2D eigenvalue weighted by molar-refractivity contribution is 0.322. The minimum atomic E-state index is 0.689. The van der Waals surface area contributed by atoms with Crippen molar-refractivity contribution in [1.82, 2.24) is 15.2 Å². The molecule has 0 amide bonds. The van der Waals surface area contributed by atoms with Gasteiger partial charge in [0.1, 0.15) is 0 Å². The molecule has 1 heterocycles. The van der Waals surface area contributed by atoms with E-state index in [1.165, 1.54) is 0 Å². The third-order valence-electron chi connectivity index (χ3n) is 2.14. The van der Waals surface area contributed by atoms with Crippen LogP contribution in [0.4, 0.5) is 0 Å². The summed E-state index contributed by atoms with van der Waals surface area (Å²) in [6.07, 6.45) is 1.69. The van der Waals surface area contributed by atoms with E-state index in [1.54, 1.807) is 6.20 Å². The molecule has 0 radical (unpaired) electrons. The lowest BCUT2D eigenvalue weighted by Crippen LogP contribution is -2.28. The molecule has 0 saturated carbocycles. The quantitative estimate of drug-likeness (QED) is 0.751. The lowest BCUT2D eigenvalue weighted by atomic mass is 10.3. The topological polar surface area (TPSA) is 28.2 Å². The van der Waals surface area contributed by atoms with Gasteiger partial charge < -0.3 is 5.32 Å². The van der Waals surface area contributed by atoms with Crippen LogP contribution in [0.1, 0.15) is 12.6 Å². The second-order valence-corrected chi connectivity index (χ2v) is 4.00. The normalized spacial score (nSPS) is 10.9. The molecule has 0 atom stereocenters. The second-order valence-electron chi connectivity index (χ2n) is 3.56. The van der Waals surface area contributed by atoms with E-state index < -0.39 is 0 Å². The third kappa shape index (κ3) is 5.11. The van der Waals surface area contributed by atoms with E-state index in [2.05, 4.69) is 29.2 Å². The van der Waals surface area contributed by atoms with Crippen molar-refractivity contribution in [1.29, 1.82) is 0 Å². The number of nitrogens with one attached hydrogen (secondary N) is 1. The summed E-state index contributed by atoms with van der Waals surface area (Å²) in [5.74, 6) is 0. The Balaban J connectivity index is 2.31. The molecule has 0 saturated heterocycles. The van der Waals surface area contributed by atoms with Crippen molar-refractivity contribution >= 4 is 11.6 Å². The fourth-order valence-corrected chi connectivity index (χ4v) is 1.41. The molecule has 1 N–H and O–H groups in total. The summed E-state index contributed by atoms with van der Waals surface area (Å²) in [4.78, 5) is 6.49. The van der Waals surface area contributed by atoms with Gasteiger partial charge in [-0.2, -0.15) is 0 Å². The van der Waals surface area contributed by atoms with E-state index in [0.717, 1.165) is 31.9 Å². The highest BCUT2D eigenvalue weighted by Gasteiger charge is 2.00. The summed E-state index contributed by atoms with van der Waals surface area (Å²) in [6, 6.07) is 3.84. The van der Waals surface area contributed by atoms with Crippen molar-refractivity contribution in [2.45, 2.75) is 13.5 Å². The first-order valence-corrected chi connectivity index (χ1v) is 5.60. The third-order valence-corrected chi connectivity index (χ3v) is 2.36. The molecule has 0 aliphatic rings. The van der Waals surface area contributed by atoms with Gasteiger partial charge in [-0.15, -0.1) is 0 Å². The predicted molar refractivity (Wildman–Crippen MR) is 64.1 cm³/mol. The van der Waals surface area contributed by atoms with Crippen LogP contribution in [0.2, 0.25) is 5.02 Å². The highest BCUT2D eigenvalue weighted by molar-refractivity contribution is 6.30. The van der Waals surface area contributed by atoms with Gasteiger partial charge in [-0.3, -0.25) is 9.88 Å². The van der Waals surface area contributed by atoms with Crippen LogP contribution in [0, 0.1) is 0 Å². The van der Waals surface area contributed by atoms with E-state index in [-0.39, 0.29) is 0 Å². The van der Waals surface area contributed by atoms with E-state index in [4.69, 9.17) is 11.6 Å². The Morgan fingerprint density at radius 1 is 1.47 bits per heavy atom. The average molecular weight is 228 g/mol. The molecule has 1 aromatic heterocycles. The minimum Gasteiger partial charge on any atom is -0.316 e. The van der Waals surface area contributed by atoms with E-state index in [9.17, 15) is 0 Å². The molecule has 1 aromatic rings. The zero-order valence-electron chi connectivity index (χ0n) is 9.33. The van der Waals surface area contributed by atoms with Crippen molar-refractivity contribution in [2.24, 2.45) is 0 Å². The summed E-state index contributed by atoms with van der Waals surface area (Å²) >= 11 is 5.76. The van der Waals surface area contributed by atoms with Crippen LogP contribution < -0.4 is 5.32 Å². The van der Waals surface area contributed by atoms with Gasteiger partial charge in [0.2, 0.25) is 0 Å². The molecule has 0 spiro atoms. The Hall–Kier alpha value is -0.640. The van der Waals surface area contributed by atoms with Gasteiger partial charge in [-0.1, -0.05) is 18.5 Å². The molecular formula is C11H18ClN3. The summed E-state index contributed by atoms with van der Waals surface area (Å²) < 4.78 is 0. The summed E-state index contributed by atoms with van der Waals surface area (Å²) in [7, 11) is 2.09. The maximum absolute atomic E-state index is 5.76. The number of halogens is 1. The number of likely N-dealkylation sites (N-methyl/N-ethyl adjacent to an activating group) is 2. The van der Waals surface area contributed by atoms with E-state index in [1.807, 2.05) is 12.1 Å². The van der Waals surface area contributed by atoms with Gasteiger partial charge in [-0.05, 0) is 25.7 Å². The van der Waals surface area contributed by atoms with Crippen molar-refractivity contribution in [3.05, 3.63) is 29.0 Å². The number of pyridine rings is 1. The highest BCUT2D eigenvalue weighted by atomic mass is 35.5. The monoisotopic (exact) mass is 227 g/mol. The molecule has 3 nitrogen and oxygen atoms in total. The van der Waals surface area contributed by atoms with Gasteiger partial charge in [0.15, 0.2) is 0 Å². The molecule has 0 unspecified atom stereocenters. The Bertz CT molecular complexity index is 274. The Labute approximate surface area is 96.5 Å². The first kappa shape index (κ1) is 12.4. The minimum absolute atomic E-state index is 0.689. The molecular weight excluding hydrogens is 210 g/mol. The molecule has 15 heavy (non-hydrogen) atoms. The van der Waals surface area contributed by atoms with Crippen LogP contribution in [0.3, 0.4) is 0 Å². The number of aromatic nitrogens is 1. The van der Waals surface area contributed by atoms with Crippen molar-refractivity contribution in [2.75, 3.05) is 26.7 Å². The first-order chi connectivity index (χ1) is 7.22.